The lowest BCUT2D eigenvalue weighted by Gasteiger charge is -2.12. The maximum atomic E-state index is 12.6. The van der Waals surface area contributed by atoms with Crippen molar-refractivity contribution in [1.82, 2.24) is 5.32 Å². The number of hydrogen-bond acceptors (Lipinski definition) is 2. The molecule has 1 aliphatic rings. The molecule has 0 radical (unpaired) electrons. The van der Waals surface area contributed by atoms with Crippen molar-refractivity contribution in [1.29, 1.82) is 0 Å². The van der Waals surface area contributed by atoms with Crippen LogP contribution in [0.1, 0.15) is 20.3 Å². The van der Waals surface area contributed by atoms with Gasteiger partial charge in [-0.15, -0.1) is 0 Å². The largest absolute Gasteiger partial charge is 0.377 e. The first-order valence-electron chi connectivity index (χ1n) is 4.17. The summed E-state index contributed by atoms with van der Waals surface area (Å²) in [5.41, 5.74) is 0. The molecule has 1 N–H and O–H groups in total. The van der Waals surface area contributed by atoms with E-state index in [1.807, 2.05) is 13.8 Å². The zero-order valence-corrected chi connectivity index (χ0v) is 7.14. The first-order valence-corrected chi connectivity index (χ1v) is 4.17. The van der Waals surface area contributed by atoms with Crippen LogP contribution in [0.4, 0.5) is 4.39 Å². The summed E-state index contributed by atoms with van der Waals surface area (Å²) in [5, 5.41) is 3.06. The van der Waals surface area contributed by atoms with Crippen LogP contribution in [0.2, 0.25) is 0 Å². The van der Waals surface area contributed by atoms with Gasteiger partial charge in [-0.25, -0.2) is 4.39 Å². The molecule has 0 spiro atoms. The summed E-state index contributed by atoms with van der Waals surface area (Å²) in [6.07, 6.45) is 0.179. The molecular weight excluding hydrogens is 145 g/mol. The lowest BCUT2D eigenvalue weighted by Crippen LogP contribution is -2.28. The Bertz CT molecular complexity index is 119. The van der Waals surface area contributed by atoms with Crippen LogP contribution in [0.25, 0.3) is 0 Å². The minimum absolute atomic E-state index is 0.229. The quantitative estimate of drug-likeness (QED) is 0.669. The van der Waals surface area contributed by atoms with Crippen molar-refractivity contribution in [2.24, 2.45) is 0 Å². The average molecular weight is 161 g/mol. The summed E-state index contributed by atoms with van der Waals surface area (Å²) in [7, 11) is 0. The van der Waals surface area contributed by atoms with Gasteiger partial charge in [0.2, 0.25) is 0 Å². The molecular formula is C8H16FNO. The molecule has 1 rings (SSSR count). The van der Waals surface area contributed by atoms with Crippen LogP contribution in [0.5, 0.6) is 0 Å². The van der Waals surface area contributed by atoms with Crippen molar-refractivity contribution in [3.63, 3.8) is 0 Å². The van der Waals surface area contributed by atoms with E-state index in [1.165, 1.54) is 0 Å². The molecule has 66 valence electrons. The molecule has 1 heterocycles. The number of halogens is 1. The molecule has 0 aliphatic carbocycles. The van der Waals surface area contributed by atoms with Gasteiger partial charge in [-0.2, -0.15) is 0 Å². The highest BCUT2D eigenvalue weighted by Crippen LogP contribution is 2.10. The highest BCUT2D eigenvalue weighted by molar-refractivity contribution is 4.80. The van der Waals surface area contributed by atoms with Crippen molar-refractivity contribution in [2.45, 2.75) is 38.6 Å². The van der Waals surface area contributed by atoms with E-state index < -0.39 is 6.17 Å². The van der Waals surface area contributed by atoms with E-state index in [-0.39, 0.29) is 12.1 Å². The number of ether oxygens (including phenoxy) is 1. The Morgan fingerprint density at radius 1 is 1.64 bits per heavy atom. The average Bonchev–Trinajstić information content (AvgIpc) is 2.31. The maximum Gasteiger partial charge on any atom is 0.114 e. The smallest absolute Gasteiger partial charge is 0.114 e. The first-order chi connectivity index (χ1) is 5.18. The van der Waals surface area contributed by atoms with Gasteiger partial charge in [-0.05, 0) is 20.3 Å². The fourth-order valence-corrected chi connectivity index (χ4v) is 1.21. The summed E-state index contributed by atoms with van der Waals surface area (Å²) < 4.78 is 17.9. The van der Waals surface area contributed by atoms with Gasteiger partial charge in [0.25, 0.3) is 0 Å². The minimum Gasteiger partial charge on any atom is -0.377 e. The Kier molecular flexibility index (Phi) is 3.27. The highest BCUT2D eigenvalue weighted by atomic mass is 19.1. The zero-order valence-electron chi connectivity index (χ0n) is 7.14. The Balaban J connectivity index is 2.08. The van der Waals surface area contributed by atoms with E-state index in [9.17, 15) is 4.39 Å². The van der Waals surface area contributed by atoms with Crippen LogP contribution in [0.3, 0.4) is 0 Å². The third-order valence-electron chi connectivity index (χ3n) is 1.80. The third kappa shape index (κ3) is 3.16. The molecule has 11 heavy (non-hydrogen) atoms. The normalized spacial score (nSPS) is 31.6. The second-order valence-corrected chi connectivity index (χ2v) is 3.32. The molecule has 0 aromatic carbocycles. The van der Waals surface area contributed by atoms with Crippen LogP contribution >= 0.6 is 0 Å². The van der Waals surface area contributed by atoms with Gasteiger partial charge in [0.15, 0.2) is 0 Å². The number of nitrogens with one attached hydrogen (secondary N) is 1. The second kappa shape index (κ2) is 4.02. The van der Waals surface area contributed by atoms with E-state index in [0.717, 1.165) is 0 Å². The lowest BCUT2D eigenvalue weighted by atomic mass is 10.2. The van der Waals surface area contributed by atoms with Gasteiger partial charge >= 0.3 is 0 Å². The number of hydrogen-bond donors (Lipinski definition) is 1. The predicted octanol–water partition coefficient (Wildman–Crippen LogP) is 1.11. The molecule has 1 saturated heterocycles. The molecule has 1 fully saturated rings. The van der Waals surface area contributed by atoms with Gasteiger partial charge in [0, 0.05) is 12.6 Å². The molecule has 2 atom stereocenters. The Hall–Kier alpha value is -0.150. The maximum absolute atomic E-state index is 12.6. The first kappa shape index (κ1) is 8.94. The molecule has 0 bridgehead atoms. The fraction of sp³-hybridized carbons (Fsp3) is 1.00. The van der Waals surface area contributed by atoms with Gasteiger partial charge in [-0.3, -0.25) is 0 Å². The van der Waals surface area contributed by atoms with Crippen molar-refractivity contribution in [2.75, 3.05) is 13.2 Å². The van der Waals surface area contributed by atoms with E-state index in [4.69, 9.17) is 4.74 Å². The van der Waals surface area contributed by atoms with E-state index in [0.29, 0.717) is 19.6 Å². The van der Waals surface area contributed by atoms with Crippen LogP contribution in [0, 0.1) is 0 Å². The predicted molar refractivity (Wildman–Crippen MR) is 42.4 cm³/mol. The second-order valence-electron chi connectivity index (χ2n) is 3.32. The molecule has 0 amide bonds. The minimum atomic E-state index is -0.671. The highest BCUT2D eigenvalue weighted by Gasteiger charge is 2.23. The van der Waals surface area contributed by atoms with Crippen LogP contribution in [-0.4, -0.2) is 31.5 Å². The van der Waals surface area contributed by atoms with Crippen molar-refractivity contribution in [3.05, 3.63) is 0 Å². The van der Waals surface area contributed by atoms with E-state index in [2.05, 4.69) is 5.32 Å². The van der Waals surface area contributed by atoms with Crippen molar-refractivity contribution >= 4 is 0 Å². The Morgan fingerprint density at radius 3 is 2.82 bits per heavy atom. The third-order valence-corrected chi connectivity index (χ3v) is 1.80. The van der Waals surface area contributed by atoms with E-state index in [1.54, 1.807) is 0 Å². The molecule has 1 unspecified atom stereocenters. The standard InChI is InChI=1S/C8H16FNO/c1-6(2)11-5-8-3-7(9)4-10-8/h6-8,10H,3-5H2,1-2H3/t7-,8?/m1/s1. The summed E-state index contributed by atoms with van der Waals surface area (Å²) >= 11 is 0. The van der Waals surface area contributed by atoms with Crippen molar-refractivity contribution in [3.8, 4) is 0 Å². The number of alkyl halides is 1. The molecule has 2 nitrogen and oxygen atoms in total. The number of rotatable bonds is 3. The topological polar surface area (TPSA) is 21.3 Å². The van der Waals surface area contributed by atoms with Crippen LogP contribution < -0.4 is 5.32 Å². The van der Waals surface area contributed by atoms with Gasteiger partial charge in [0.1, 0.15) is 6.17 Å². The molecule has 0 saturated carbocycles. The summed E-state index contributed by atoms with van der Waals surface area (Å²) in [5.74, 6) is 0. The Morgan fingerprint density at radius 2 is 2.36 bits per heavy atom. The summed E-state index contributed by atoms with van der Waals surface area (Å²) in [4.78, 5) is 0. The fourth-order valence-electron chi connectivity index (χ4n) is 1.21. The molecule has 0 aromatic heterocycles. The summed E-state index contributed by atoms with van der Waals surface area (Å²) in [6, 6.07) is 0.229. The molecule has 3 heteroatoms. The van der Waals surface area contributed by atoms with Gasteiger partial charge in [-0.1, -0.05) is 0 Å². The summed E-state index contributed by atoms with van der Waals surface area (Å²) in [6.45, 7) is 5.11. The zero-order chi connectivity index (χ0) is 8.27. The van der Waals surface area contributed by atoms with Gasteiger partial charge in [0.05, 0.1) is 12.7 Å². The van der Waals surface area contributed by atoms with Crippen LogP contribution in [0.15, 0.2) is 0 Å². The van der Waals surface area contributed by atoms with Crippen molar-refractivity contribution < 1.29 is 9.13 Å². The molecule has 1 aliphatic heterocycles. The monoisotopic (exact) mass is 161 g/mol. The Labute approximate surface area is 67.1 Å². The van der Waals surface area contributed by atoms with E-state index >= 15 is 0 Å². The lowest BCUT2D eigenvalue weighted by molar-refractivity contribution is 0.0639. The SMILES string of the molecule is CC(C)OCC1C[C@@H](F)CN1. The van der Waals surface area contributed by atoms with Gasteiger partial charge < -0.3 is 10.1 Å². The van der Waals surface area contributed by atoms with Crippen LogP contribution in [-0.2, 0) is 4.74 Å². The molecule has 0 aromatic rings.